The van der Waals surface area contributed by atoms with Gasteiger partial charge in [-0.25, -0.2) is 0 Å². The van der Waals surface area contributed by atoms with Gasteiger partial charge in [-0.2, -0.15) is 0 Å². The fraction of sp³-hybridized carbons (Fsp3) is 0.917. The van der Waals surface area contributed by atoms with Gasteiger partial charge in [0, 0.05) is 13.1 Å². The maximum atomic E-state index is 12.0. The van der Waals surface area contributed by atoms with Crippen LogP contribution in [0, 0.1) is 5.92 Å². The van der Waals surface area contributed by atoms with E-state index in [1.54, 1.807) is 0 Å². The highest BCUT2D eigenvalue weighted by Crippen LogP contribution is 2.12. The number of rotatable bonds is 6. The summed E-state index contributed by atoms with van der Waals surface area (Å²) in [5.41, 5.74) is 5.93. The number of carbonyl (C=O) groups is 1. The molecule has 3 heteroatoms. The van der Waals surface area contributed by atoms with Crippen LogP contribution < -0.4 is 5.73 Å². The van der Waals surface area contributed by atoms with Gasteiger partial charge in [0.15, 0.2) is 0 Å². The quantitative estimate of drug-likeness (QED) is 0.735. The number of hydrogen-bond acceptors (Lipinski definition) is 2. The molecule has 0 rings (SSSR count). The van der Waals surface area contributed by atoms with Crippen LogP contribution in [0.4, 0.5) is 0 Å². The van der Waals surface area contributed by atoms with E-state index in [0.717, 1.165) is 19.3 Å². The number of nitrogens with zero attached hydrogens (tertiary/aromatic N) is 1. The smallest absolute Gasteiger partial charge is 0.239 e. The Bertz CT molecular complexity index is 190. The highest BCUT2D eigenvalue weighted by atomic mass is 16.2. The third-order valence-corrected chi connectivity index (χ3v) is 3.38. The molecule has 2 N–H and O–H groups in total. The van der Waals surface area contributed by atoms with Crippen molar-refractivity contribution in [1.29, 1.82) is 0 Å². The van der Waals surface area contributed by atoms with E-state index in [4.69, 9.17) is 5.73 Å². The summed E-state index contributed by atoms with van der Waals surface area (Å²) in [6.07, 6.45) is 2.93. The molecule has 0 spiro atoms. The minimum atomic E-state index is -0.347. The summed E-state index contributed by atoms with van der Waals surface area (Å²) < 4.78 is 0. The minimum Gasteiger partial charge on any atom is -0.341 e. The maximum Gasteiger partial charge on any atom is 0.239 e. The fourth-order valence-corrected chi connectivity index (χ4v) is 1.75. The summed E-state index contributed by atoms with van der Waals surface area (Å²) in [6.45, 7) is 8.30. The Kier molecular flexibility index (Phi) is 6.57. The van der Waals surface area contributed by atoms with Gasteiger partial charge in [0.1, 0.15) is 0 Å². The van der Waals surface area contributed by atoms with Crippen molar-refractivity contribution >= 4 is 5.91 Å². The molecule has 0 aliphatic carbocycles. The van der Waals surface area contributed by atoms with Crippen LogP contribution in [0.2, 0.25) is 0 Å². The standard InChI is InChI=1S/C12H26N2O/c1-6-9(4)11(13)12(15)14(5)10(7-2)8-3/h9-11H,6-8,13H2,1-5H3/t9?,11-/m0/s1. The van der Waals surface area contributed by atoms with Crippen molar-refractivity contribution < 1.29 is 4.79 Å². The third-order valence-electron chi connectivity index (χ3n) is 3.38. The first-order valence-corrected chi connectivity index (χ1v) is 6.01. The summed E-state index contributed by atoms with van der Waals surface area (Å²) in [5, 5.41) is 0. The lowest BCUT2D eigenvalue weighted by Crippen LogP contribution is -2.48. The first-order chi connectivity index (χ1) is 6.99. The lowest BCUT2D eigenvalue weighted by atomic mass is 9.98. The highest BCUT2D eigenvalue weighted by molar-refractivity contribution is 5.82. The predicted molar refractivity (Wildman–Crippen MR) is 64.6 cm³/mol. The van der Waals surface area contributed by atoms with E-state index < -0.39 is 0 Å². The Morgan fingerprint density at radius 2 is 1.67 bits per heavy atom. The third kappa shape index (κ3) is 3.82. The number of likely N-dealkylation sites (N-methyl/N-ethyl adjacent to an activating group) is 1. The minimum absolute atomic E-state index is 0.0815. The van der Waals surface area contributed by atoms with Gasteiger partial charge in [-0.3, -0.25) is 4.79 Å². The van der Waals surface area contributed by atoms with Gasteiger partial charge in [0.2, 0.25) is 5.91 Å². The van der Waals surface area contributed by atoms with E-state index in [-0.39, 0.29) is 17.9 Å². The summed E-state index contributed by atoms with van der Waals surface area (Å²) in [7, 11) is 1.86. The van der Waals surface area contributed by atoms with Gasteiger partial charge in [-0.05, 0) is 18.8 Å². The van der Waals surface area contributed by atoms with Crippen LogP contribution in [-0.2, 0) is 4.79 Å². The Hall–Kier alpha value is -0.570. The van der Waals surface area contributed by atoms with Crippen LogP contribution in [0.5, 0.6) is 0 Å². The van der Waals surface area contributed by atoms with E-state index in [9.17, 15) is 4.79 Å². The lowest BCUT2D eigenvalue weighted by molar-refractivity contribution is -0.134. The van der Waals surface area contributed by atoms with E-state index in [0.29, 0.717) is 6.04 Å². The Balaban J connectivity index is 4.42. The van der Waals surface area contributed by atoms with Crippen LogP contribution in [0.15, 0.2) is 0 Å². The first-order valence-electron chi connectivity index (χ1n) is 6.01. The topological polar surface area (TPSA) is 46.3 Å². The molecule has 0 aliphatic heterocycles. The van der Waals surface area contributed by atoms with Crippen molar-refractivity contribution in [3.63, 3.8) is 0 Å². The van der Waals surface area contributed by atoms with Crippen LogP contribution >= 0.6 is 0 Å². The van der Waals surface area contributed by atoms with Gasteiger partial charge in [0.05, 0.1) is 6.04 Å². The van der Waals surface area contributed by atoms with Gasteiger partial charge in [-0.1, -0.05) is 34.1 Å². The molecule has 1 amide bonds. The van der Waals surface area contributed by atoms with Gasteiger partial charge in [-0.15, -0.1) is 0 Å². The van der Waals surface area contributed by atoms with E-state index in [1.807, 2.05) is 18.9 Å². The summed E-state index contributed by atoms with van der Waals surface area (Å²) >= 11 is 0. The normalized spacial score (nSPS) is 15.1. The van der Waals surface area contributed by atoms with Crippen LogP contribution in [0.3, 0.4) is 0 Å². The summed E-state index contributed by atoms with van der Waals surface area (Å²) in [4.78, 5) is 13.8. The monoisotopic (exact) mass is 214 g/mol. The van der Waals surface area contributed by atoms with E-state index in [1.165, 1.54) is 0 Å². The Morgan fingerprint density at radius 1 is 1.20 bits per heavy atom. The van der Waals surface area contributed by atoms with Crippen LogP contribution in [-0.4, -0.2) is 29.9 Å². The molecular formula is C12H26N2O. The van der Waals surface area contributed by atoms with Crippen molar-refractivity contribution in [2.45, 2.75) is 59.0 Å². The Labute approximate surface area is 94.0 Å². The zero-order chi connectivity index (χ0) is 12.0. The maximum absolute atomic E-state index is 12.0. The molecule has 2 atom stereocenters. The molecule has 0 fully saturated rings. The fourth-order valence-electron chi connectivity index (χ4n) is 1.75. The van der Waals surface area contributed by atoms with Gasteiger partial charge < -0.3 is 10.6 Å². The number of amides is 1. The van der Waals surface area contributed by atoms with Crippen molar-refractivity contribution in [2.24, 2.45) is 11.7 Å². The second-order valence-electron chi connectivity index (χ2n) is 4.33. The zero-order valence-corrected chi connectivity index (χ0v) is 10.8. The number of hydrogen-bond donors (Lipinski definition) is 1. The zero-order valence-electron chi connectivity index (χ0n) is 10.8. The second-order valence-corrected chi connectivity index (χ2v) is 4.33. The molecule has 0 aromatic heterocycles. The SMILES string of the molecule is CCC(C)[C@H](N)C(=O)N(C)C(CC)CC. The van der Waals surface area contributed by atoms with Crippen LogP contribution in [0.25, 0.3) is 0 Å². The molecule has 0 radical (unpaired) electrons. The van der Waals surface area contributed by atoms with Crippen LogP contribution in [0.1, 0.15) is 47.0 Å². The molecule has 1 unspecified atom stereocenters. The number of carbonyl (C=O) groups excluding carboxylic acids is 1. The van der Waals surface area contributed by atoms with Crippen molar-refractivity contribution in [3.8, 4) is 0 Å². The Morgan fingerprint density at radius 3 is 2.00 bits per heavy atom. The first kappa shape index (κ1) is 14.4. The largest absolute Gasteiger partial charge is 0.341 e. The highest BCUT2D eigenvalue weighted by Gasteiger charge is 2.25. The molecule has 0 heterocycles. The van der Waals surface area contributed by atoms with Crippen molar-refractivity contribution in [2.75, 3.05) is 7.05 Å². The van der Waals surface area contributed by atoms with Crippen molar-refractivity contribution in [3.05, 3.63) is 0 Å². The molecule has 0 aliphatic rings. The summed E-state index contributed by atoms with van der Waals surface area (Å²) in [6, 6.07) is -0.0202. The average molecular weight is 214 g/mol. The molecule has 90 valence electrons. The molecule has 3 nitrogen and oxygen atoms in total. The van der Waals surface area contributed by atoms with Gasteiger partial charge >= 0.3 is 0 Å². The summed E-state index contributed by atoms with van der Waals surface area (Å²) in [5.74, 6) is 0.340. The van der Waals surface area contributed by atoms with Gasteiger partial charge in [0.25, 0.3) is 0 Å². The van der Waals surface area contributed by atoms with Crippen molar-refractivity contribution in [1.82, 2.24) is 4.90 Å². The molecular weight excluding hydrogens is 188 g/mol. The molecule has 0 bridgehead atoms. The molecule has 0 aromatic carbocycles. The number of nitrogens with two attached hydrogens (primary N) is 1. The molecule has 0 aromatic rings. The van der Waals surface area contributed by atoms with E-state index >= 15 is 0 Å². The second kappa shape index (κ2) is 6.83. The average Bonchev–Trinajstić information content (AvgIpc) is 2.27. The van der Waals surface area contributed by atoms with E-state index in [2.05, 4.69) is 20.8 Å². The lowest BCUT2D eigenvalue weighted by Gasteiger charge is -2.30. The molecule has 0 saturated carbocycles. The molecule has 0 saturated heterocycles. The molecule has 15 heavy (non-hydrogen) atoms. The predicted octanol–water partition coefficient (Wildman–Crippen LogP) is 2.01.